The Labute approximate surface area is 134 Å². The predicted octanol–water partition coefficient (Wildman–Crippen LogP) is 2.93. The van der Waals surface area contributed by atoms with Crippen LogP contribution in [0.5, 0.6) is 0 Å². The molecule has 5 heteroatoms. The van der Waals surface area contributed by atoms with Crippen LogP contribution in [0.1, 0.15) is 51.9 Å². The summed E-state index contributed by atoms with van der Waals surface area (Å²) in [4.78, 5) is 0.149. The van der Waals surface area contributed by atoms with Crippen molar-refractivity contribution >= 4 is 9.84 Å². The van der Waals surface area contributed by atoms with E-state index in [0.717, 1.165) is 19.3 Å². The second-order valence-corrected chi connectivity index (χ2v) is 7.87. The Hall–Kier alpha value is -0.910. The van der Waals surface area contributed by atoms with Crippen molar-refractivity contribution in [3.8, 4) is 0 Å². The number of unbranched alkanes of at least 4 members (excludes halogenated alkanes) is 5. The lowest BCUT2D eigenvalue weighted by Gasteiger charge is -2.21. The molecular weight excluding hydrogens is 300 g/mol. The van der Waals surface area contributed by atoms with Crippen LogP contribution in [0.3, 0.4) is 0 Å². The number of hydrogen-bond acceptors (Lipinski definition) is 4. The topological polar surface area (TPSA) is 74.6 Å². The van der Waals surface area contributed by atoms with E-state index in [1.165, 1.54) is 31.4 Å². The third-order valence-corrected chi connectivity index (χ3v) is 6.12. The number of benzene rings is 1. The summed E-state index contributed by atoms with van der Waals surface area (Å²) in [6.07, 6.45) is 5.83. The maximum Gasteiger partial charge on any atom is 0.186 e. The molecule has 1 unspecified atom stereocenters. The first-order chi connectivity index (χ1) is 10.5. The van der Waals surface area contributed by atoms with Crippen LogP contribution >= 0.6 is 0 Å². The molecule has 0 heterocycles. The molecule has 0 saturated carbocycles. The standard InChI is InChI=1S/C17H28O4S/c1-2-3-4-5-6-10-13-16(19)17(14-18)22(20,21)15-11-8-7-9-12-15/h7-9,11-12,16-19H,2-6,10,13-14H2,1H3/t16-,17?/m0/s1. The molecule has 0 aromatic heterocycles. The first kappa shape index (κ1) is 19.1. The maximum atomic E-state index is 12.5. The van der Waals surface area contributed by atoms with Gasteiger partial charge in [-0.1, -0.05) is 63.6 Å². The van der Waals surface area contributed by atoms with E-state index in [1.807, 2.05) is 0 Å². The van der Waals surface area contributed by atoms with Crippen molar-refractivity contribution in [2.45, 2.75) is 68.1 Å². The summed E-state index contributed by atoms with van der Waals surface area (Å²) >= 11 is 0. The highest BCUT2D eigenvalue weighted by Gasteiger charge is 2.32. The molecule has 2 atom stereocenters. The zero-order valence-electron chi connectivity index (χ0n) is 13.3. The molecular formula is C17H28O4S. The van der Waals surface area contributed by atoms with Crippen molar-refractivity contribution in [2.24, 2.45) is 0 Å². The van der Waals surface area contributed by atoms with Crippen LogP contribution in [0.2, 0.25) is 0 Å². The smallest absolute Gasteiger partial charge is 0.186 e. The fraction of sp³-hybridized carbons (Fsp3) is 0.647. The zero-order chi connectivity index (χ0) is 16.4. The van der Waals surface area contributed by atoms with E-state index in [2.05, 4.69) is 6.92 Å². The Morgan fingerprint density at radius 1 is 1.00 bits per heavy atom. The summed E-state index contributed by atoms with van der Waals surface area (Å²) in [5.74, 6) is 0. The van der Waals surface area contributed by atoms with Gasteiger partial charge in [-0.05, 0) is 18.6 Å². The average molecular weight is 328 g/mol. The van der Waals surface area contributed by atoms with Gasteiger partial charge in [-0.2, -0.15) is 0 Å². The lowest BCUT2D eigenvalue weighted by atomic mass is 10.1. The van der Waals surface area contributed by atoms with Crippen LogP contribution in [0.15, 0.2) is 35.2 Å². The van der Waals surface area contributed by atoms with E-state index in [1.54, 1.807) is 18.2 Å². The van der Waals surface area contributed by atoms with E-state index in [9.17, 15) is 18.6 Å². The minimum Gasteiger partial charge on any atom is -0.395 e. The number of sulfone groups is 1. The summed E-state index contributed by atoms with van der Waals surface area (Å²) in [6, 6.07) is 8.01. The van der Waals surface area contributed by atoms with Gasteiger partial charge in [-0.25, -0.2) is 8.42 Å². The van der Waals surface area contributed by atoms with Gasteiger partial charge in [-0.3, -0.25) is 0 Å². The van der Waals surface area contributed by atoms with Crippen LogP contribution in [0.25, 0.3) is 0 Å². The molecule has 0 aliphatic heterocycles. The minimum absolute atomic E-state index is 0.149. The van der Waals surface area contributed by atoms with Crippen LogP contribution < -0.4 is 0 Å². The summed E-state index contributed by atoms with van der Waals surface area (Å²) in [6.45, 7) is 1.60. The van der Waals surface area contributed by atoms with Gasteiger partial charge in [0.25, 0.3) is 0 Å². The molecule has 1 aromatic carbocycles. The second kappa shape index (κ2) is 9.98. The molecule has 0 spiro atoms. The molecule has 0 aliphatic carbocycles. The summed E-state index contributed by atoms with van der Waals surface area (Å²) in [5.41, 5.74) is 0. The molecule has 2 N–H and O–H groups in total. The van der Waals surface area contributed by atoms with Gasteiger partial charge >= 0.3 is 0 Å². The second-order valence-electron chi connectivity index (χ2n) is 5.70. The lowest BCUT2D eigenvalue weighted by Crippen LogP contribution is -2.37. The number of aliphatic hydroxyl groups excluding tert-OH is 2. The van der Waals surface area contributed by atoms with Crippen LogP contribution in [-0.4, -0.2) is 36.6 Å². The summed E-state index contributed by atoms with van der Waals surface area (Å²) < 4.78 is 24.9. The first-order valence-corrected chi connectivity index (χ1v) is 9.66. The fourth-order valence-electron chi connectivity index (χ4n) is 2.53. The van der Waals surface area contributed by atoms with E-state index in [0.29, 0.717) is 6.42 Å². The average Bonchev–Trinajstić information content (AvgIpc) is 2.52. The molecule has 0 aliphatic rings. The van der Waals surface area contributed by atoms with Gasteiger partial charge in [-0.15, -0.1) is 0 Å². The van der Waals surface area contributed by atoms with Gasteiger partial charge in [0.15, 0.2) is 9.84 Å². The Kier molecular flexibility index (Phi) is 8.68. The van der Waals surface area contributed by atoms with Gasteiger partial charge in [0.1, 0.15) is 5.25 Å². The number of rotatable bonds is 11. The Balaban J connectivity index is 2.56. The number of aliphatic hydroxyl groups is 2. The third kappa shape index (κ3) is 5.71. The molecule has 0 saturated heterocycles. The quantitative estimate of drug-likeness (QED) is 0.613. The van der Waals surface area contributed by atoms with E-state index >= 15 is 0 Å². The normalized spacial score (nSPS) is 14.7. The van der Waals surface area contributed by atoms with Crippen molar-refractivity contribution in [2.75, 3.05) is 6.61 Å². The van der Waals surface area contributed by atoms with Gasteiger partial charge in [0, 0.05) is 0 Å². The lowest BCUT2D eigenvalue weighted by molar-refractivity contribution is 0.125. The van der Waals surface area contributed by atoms with Crippen molar-refractivity contribution in [1.82, 2.24) is 0 Å². The zero-order valence-corrected chi connectivity index (χ0v) is 14.1. The van der Waals surface area contributed by atoms with E-state index in [4.69, 9.17) is 0 Å². The van der Waals surface area contributed by atoms with Crippen molar-refractivity contribution in [3.63, 3.8) is 0 Å². The van der Waals surface area contributed by atoms with E-state index in [-0.39, 0.29) is 4.90 Å². The predicted molar refractivity (Wildman–Crippen MR) is 88.5 cm³/mol. The fourth-order valence-corrected chi connectivity index (χ4v) is 4.16. The number of hydrogen-bond donors (Lipinski definition) is 2. The molecule has 126 valence electrons. The summed E-state index contributed by atoms with van der Waals surface area (Å²) in [7, 11) is -3.70. The molecule has 1 rings (SSSR count). The maximum absolute atomic E-state index is 12.5. The molecule has 0 amide bonds. The highest BCUT2D eigenvalue weighted by Crippen LogP contribution is 2.21. The summed E-state index contributed by atoms with van der Waals surface area (Å²) in [5, 5.41) is 18.4. The van der Waals surface area contributed by atoms with Crippen LogP contribution in [0.4, 0.5) is 0 Å². The van der Waals surface area contributed by atoms with Gasteiger partial charge < -0.3 is 10.2 Å². The van der Waals surface area contributed by atoms with E-state index < -0.39 is 27.8 Å². The van der Waals surface area contributed by atoms with Gasteiger partial charge in [0.2, 0.25) is 0 Å². The van der Waals surface area contributed by atoms with Crippen molar-refractivity contribution < 1.29 is 18.6 Å². The first-order valence-electron chi connectivity index (χ1n) is 8.12. The van der Waals surface area contributed by atoms with Crippen LogP contribution in [0, 0.1) is 0 Å². The molecule has 22 heavy (non-hydrogen) atoms. The molecule has 4 nitrogen and oxygen atoms in total. The Morgan fingerprint density at radius 2 is 1.59 bits per heavy atom. The van der Waals surface area contributed by atoms with Crippen LogP contribution in [-0.2, 0) is 9.84 Å². The van der Waals surface area contributed by atoms with Gasteiger partial charge in [0.05, 0.1) is 17.6 Å². The van der Waals surface area contributed by atoms with Crippen molar-refractivity contribution in [1.29, 1.82) is 0 Å². The van der Waals surface area contributed by atoms with Crippen molar-refractivity contribution in [3.05, 3.63) is 30.3 Å². The largest absolute Gasteiger partial charge is 0.395 e. The monoisotopic (exact) mass is 328 g/mol. The molecule has 1 aromatic rings. The molecule has 0 fully saturated rings. The Bertz CT molecular complexity index is 499. The Morgan fingerprint density at radius 3 is 2.18 bits per heavy atom. The minimum atomic E-state index is -3.70. The highest BCUT2D eigenvalue weighted by atomic mass is 32.2. The molecule has 0 bridgehead atoms. The highest BCUT2D eigenvalue weighted by molar-refractivity contribution is 7.92. The molecule has 0 radical (unpaired) electrons. The third-order valence-electron chi connectivity index (χ3n) is 3.93. The SMILES string of the molecule is CCCCCCCC[C@H](O)C(CO)S(=O)(=O)c1ccccc1.